The molecule has 0 saturated carbocycles. The summed E-state index contributed by atoms with van der Waals surface area (Å²) in [6.07, 6.45) is 4.08. The van der Waals surface area contributed by atoms with Crippen LogP contribution in [0.3, 0.4) is 0 Å². The molecule has 0 spiro atoms. The van der Waals surface area contributed by atoms with Gasteiger partial charge in [-0.2, -0.15) is 11.8 Å². The zero-order valence-corrected chi connectivity index (χ0v) is 7.61. The largest absolute Gasteiger partial charge is 0.169 e. The van der Waals surface area contributed by atoms with Crippen LogP contribution < -0.4 is 0 Å². The van der Waals surface area contributed by atoms with E-state index in [2.05, 4.69) is 0 Å². The minimum atomic E-state index is 0. The molecule has 24 valence electrons. The first kappa shape index (κ1) is 8.99. The Kier molecular flexibility index (Phi) is 19.9. The molecule has 0 aromatic carbocycles. The van der Waals surface area contributed by atoms with Crippen LogP contribution in [0.5, 0.6) is 0 Å². The van der Waals surface area contributed by atoms with E-state index in [4.69, 9.17) is 0 Å². The molecule has 0 aromatic rings. The minimum absolute atomic E-state index is 0. The van der Waals surface area contributed by atoms with Crippen LogP contribution in [0.4, 0.5) is 0 Å². The van der Waals surface area contributed by atoms with Crippen molar-refractivity contribution in [1.82, 2.24) is 0 Å². The molecule has 0 fully saturated rings. The van der Waals surface area contributed by atoms with Gasteiger partial charge in [0, 0.05) is 27.3 Å². The summed E-state index contributed by atoms with van der Waals surface area (Å²) in [7, 11) is 0. The Morgan fingerprint density at radius 2 is 1.25 bits per heavy atom. The molecule has 0 aliphatic heterocycles. The average Bonchev–Trinajstić information content (AvgIpc) is 0.918. The van der Waals surface area contributed by atoms with E-state index in [0.29, 0.717) is 0 Å². The van der Waals surface area contributed by atoms with E-state index in [-0.39, 0.29) is 27.3 Å². The smallest absolute Gasteiger partial charge is 0 e. The Labute approximate surface area is 51.5 Å². The number of rotatable bonds is 0. The monoisotopic (exact) mass is 270 g/mol. The maximum absolute atomic E-state index is 2.04. The van der Waals surface area contributed by atoms with Crippen molar-refractivity contribution >= 4 is 39.1 Å². The summed E-state index contributed by atoms with van der Waals surface area (Å²) in [6.45, 7) is 0. The topological polar surface area (TPSA) is 0 Å². The minimum Gasteiger partial charge on any atom is -0.169 e. The molecule has 0 aliphatic carbocycles. The Hall–Kier alpha value is 1.27. The molecule has 0 saturated heterocycles. The molecular weight excluding hydrogens is 263 g/mol. The van der Waals surface area contributed by atoms with Crippen LogP contribution in [-0.4, -0.2) is 39.8 Å². The van der Waals surface area contributed by atoms with Crippen LogP contribution in [0.25, 0.3) is 0 Å². The predicted molar refractivity (Wildman–Crippen MR) is 25.2 cm³/mol. The van der Waals surface area contributed by atoms with Gasteiger partial charge >= 0.3 is 0 Å². The molecule has 0 heterocycles. The average molecular weight is 269 g/mol. The summed E-state index contributed by atoms with van der Waals surface area (Å²) in [5.74, 6) is 0. The van der Waals surface area contributed by atoms with Crippen LogP contribution in [-0.2, 0) is 0 Å². The standard InChI is InChI=1S/C2H6S.Pb/c1-3-2;/h1-2H3;. The second-order valence-corrected chi connectivity index (χ2v) is 1.22. The fourth-order valence-electron chi connectivity index (χ4n) is 0. The van der Waals surface area contributed by atoms with Crippen molar-refractivity contribution in [2.45, 2.75) is 0 Å². The van der Waals surface area contributed by atoms with Crippen LogP contribution in [0.2, 0.25) is 0 Å². The zero-order valence-electron chi connectivity index (χ0n) is 2.91. The molecule has 0 bridgehead atoms. The maximum Gasteiger partial charge on any atom is 0 e. The Bertz CT molecular complexity index is 6.00. The van der Waals surface area contributed by atoms with Gasteiger partial charge in [-0.05, 0) is 12.5 Å². The number of hydrogen-bond acceptors (Lipinski definition) is 1. The Balaban J connectivity index is 0. The van der Waals surface area contributed by atoms with E-state index in [1.165, 1.54) is 0 Å². The van der Waals surface area contributed by atoms with Crippen molar-refractivity contribution in [2.75, 3.05) is 12.5 Å². The molecule has 4 heavy (non-hydrogen) atoms. The molecule has 0 aromatic heterocycles. The van der Waals surface area contributed by atoms with Crippen molar-refractivity contribution in [2.24, 2.45) is 0 Å². The fraction of sp³-hybridized carbons (Fsp3) is 1.00. The zero-order chi connectivity index (χ0) is 2.71. The molecule has 4 radical (unpaired) electrons. The third-order valence-electron chi connectivity index (χ3n) is 0. The van der Waals surface area contributed by atoms with Crippen molar-refractivity contribution in [3.8, 4) is 0 Å². The molecule has 0 amide bonds. The first-order valence-electron chi connectivity index (χ1n) is 0.816. The van der Waals surface area contributed by atoms with Gasteiger partial charge in [0.1, 0.15) is 0 Å². The van der Waals surface area contributed by atoms with Crippen molar-refractivity contribution in [1.29, 1.82) is 0 Å². The SMILES string of the molecule is CSC.[Pb]. The fourth-order valence-corrected chi connectivity index (χ4v) is 0. The summed E-state index contributed by atoms with van der Waals surface area (Å²) in [6, 6.07) is 0. The Morgan fingerprint density at radius 1 is 1.25 bits per heavy atom. The third kappa shape index (κ3) is 10.4. The molecule has 0 atom stereocenters. The summed E-state index contributed by atoms with van der Waals surface area (Å²) < 4.78 is 0. The second kappa shape index (κ2) is 8.86. The van der Waals surface area contributed by atoms with Gasteiger partial charge < -0.3 is 0 Å². The molecule has 0 N–H and O–H groups in total. The van der Waals surface area contributed by atoms with Crippen LogP contribution in [0.15, 0.2) is 0 Å². The van der Waals surface area contributed by atoms with Crippen LogP contribution in [0.1, 0.15) is 0 Å². The van der Waals surface area contributed by atoms with Gasteiger partial charge in [-0.3, -0.25) is 0 Å². The van der Waals surface area contributed by atoms with E-state index >= 15 is 0 Å². The van der Waals surface area contributed by atoms with E-state index in [1.807, 2.05) is 12.5 Å². The predicted octanol–water partition coefficient (Wildman–Crippen LogP) is 0.598. The molecule has 0 unspecified atom stereocenters. The van der Waals surface area contributed by atoms with Crippen LogP contribution in [0, 0.1) is 0 Å². The normalized spacial score (nSPS) is 4.50. The van der Waals surface area contributed by atoms with Gasteiger partial charge in [0.15, 0.2) is 0 Å². The van der Waals surface area contributed by atoms with Crippen LogP contribution >= 0.6 is 11.8 Å². The van der Waals surface area contributed by atoms with Gasteiger partial charge in [0.05, 0.1) is 0 Å². The summed E-state index contributed by atoms with van der Waals surface area (Å²) in [4.78, 5) is 0. The van der Waals surface area contributed by atoms with E-state index in [1.54, 1.807) is 11.8 Å². The first-order chi connectivity index (χ1) is 1.41. The Morgan fingerprint density at radius 3 is 1.25 bits per heavy atom. The molecule has 0 rings (SSSR count). The van der Waals surface area contributed by atoms with E-state index in [9.17, 15) is 0 Å². The van der Waals surface area contributed by atoms with Gasteiger partial charge in [-0.25, -0.2) is 0 Å². The van der Waals surface area contributed by atoms with Gasteiger partial charge in [-0.15, -0.1) is 0 Å². The number of hydrogen-bond donors (Lipinski definition) is 0. The molecule has 2 heteroatoms. The maximum atomic E-state index is 2.04. The molecular formula is C2H6PbS. The molecule has 0 aliphatic rings. The summed E-state index contributed by atoms with van der Waals surface area (Å²) in [5.41, 5.74) is 0. The van der Waals surface area contributed by atoms with Gasteiger partial charge in [0.2, 0.25) is 0 Å². The van der Waals surface area contributed by atoms with Gasteiger partial charge in [-0.1, -0.05) is 0 Å². The van der Waals surface area contributed by atoms with Crippen molar-refractivity contribution in [3.05, 3.63) is 0 Å². The second-order valence-electron chi connectivity index (χ2n) is 0.408. The van der Waals surface area contributed by atoms with Crippen molar-refractivity contribution in [3.63, 3.8) is 0 Å². The number of thioether (sulfide) groups is 1. The third-order valence-corrected chi connectivity index (χ3v) is 0. The van der Waals surface area contributed by atoms with Crippen molar-refractivity contribution < 1.29 is 0 Å². The summed E-state index contributed by atoms with van der Waals surface area (Å²) >= 11 is 1.75. The molecule has 0 nitrogen and oxygen atoms in total. The van der Waals surface area contributed by atoms with E-state index in [0.717, 1.165) is 0 Å². The van der Waals surface area contributed by atoms with E-state index < -0.39 is 0 Å². The summed E-state index contributed by atoms with van der Waals surface area (Å²) in [5, 5.41) is 0. The van der Waals surface area contributed by atoms with Gasteiger partial charge in [0.25, 0.3) is 0 Å². The quantitative estimate of drug-likeness (QED) is 0.580. The first-order valence-corrected chi connectivity index (χ1v) is 2.45.